The molecule has 0 aromatic rings. The number of halogens is 1. The molecule has 0 saturated heterocycles. The molecule has 0 spiro atoms. The summed E-state index contributed by atoms with van der Waals surface area (Å²) in [4.78, 5) is 16.6. The van der Waals surface area contributed by atoms with Crippen LogP contribution in [0.4, 0.5) is 0 Å². The van der Waals surface area contributed by atoms with Crippen molar-refractivity contribution in [3.8, 4) is 0 Å². The SMILES string of the molecule is CCNC(=NCC1(CCO)CCCCC1)NCCC(=O)NC(C)CC.I. The van der Waals surface area contributed by atoms with Crippen molar-refractivity contribution in [2.75, 3.05) is 26.2 Å². The van der Waals surface area contributed by atoms with Crippen molar-refractivity contribution in [1.29, 1.82) is 0 Å². The van der Waals surface area contributed by atoms with Crippen LogP contribution in [0.15, 0.2) is 4.99 Å². The van der Waals surface area contributed by atoms with E-state index in [1.807, 2.05) is 13.8 Å². The molecule has 154 valence electrons. The molecule has 4 N–H and O–H groups in total. The zero-order valence-electron chi connectivity index (χ0n) is 16.8. The molecule has 1 aliphatic rings. The van der Waals surface area contributed by atoms with Gasteiger partial charge in [-0.2, -0.15) is 0 Å². The van der Waals surface area contributed by atoms with E-state index in [9.17, 15) is 9.90 Å². The molecule has 0 radical (unpaired) electrons. The summed E-state index contributed by atoms with van der Waals surface area (Å²) in [6, 6.07) is 0.221. The summed E-state index contributed by atoms with van der Waals surface area (Å²) >= 11 is 0. The number of rotatable bonds is 10. The van der Waals surface area contributed by atoms with E-state index in [-0.39, 0.29) is 47.9 Å². The Kier molecular flexibility index (Phi) is 14.2. The van der Waals surface area contributed by atoms with Gasteiger partial charge in [-0.15, -0.1) is 24.0 Å². The van der Waals surface area contributed by atoms with E-state index in [1.165, 1.54) is 19.3 Å². The van der Waals surface area contributed by atoms with Gasteiger partial charge in [-0.1, -0.05) is 26.2 Å². The van der Waals surface area contributed by atoms with Gasteiger partial charge < -0.3 is 21.1 Å². The van der Waals surface area contributed by atoms with Crippen LogP contribution in [0, 0.1) is 5.41 Å². The molecule has 1 fully saturated rings. The van der Waals surface area contributed by atoms with Crippen molar-refractivity contribution in [2.24, 2.45) is 10.4 Å². The second-order valence-electron chi connectivity index (χ2n) is 7.28. The van der Waals surface area contributed by atoms with Crippen molar-refractivity contribution >= 4 is 35.8 Å². The first-order valence-corrected chi connectivity index (χ1v) is 9.97. The zero-order chi connectivity index (χ0) is 18.5. The summed E-state index contributed by atoms with van der Waals surface area (Å²) in [6.45, 7) is 8.45. The molecule has 6 nitrogen and oxygen atoms in total. The van der Waals surface area contributed by atoms with Crippen molar-refractivity contribution < 1.29 is 9.90 Å². The Hall–Kier alpha value is -0.570. The summed E-state index contributed by atoms with van der Waals surface area (Å²) in [5, 5.41) is 18.9. The predicted octanol–water partition coefficient (Wildman–Crippen LogP) is 2.80. The number of aliphatic hydroxyl groups is 1. The largest absolute Gasteiger partial charge is 0.396 e. The number of aliphatic hydroxyl groups excluding tert-OH is 1. The van der Waals surface area contributed by atoms with Gasteiger partial charge in [0.25, 0.3) is 0 Å². The molecular weight excluding hydrogens is 443 g/mol. The van der Waals surface area contributed by atoms with Gasteiger partial charge in [0.05, 0.1) is 0 Å². The number of nitrogens with one attached hydrogen (secondary N) is 3. The van der Waals surface area contributed by atoms with Crippen molar-refractivity contribution in [3.63, 3.8) is 0 Å². The van der Waals surface area contributed by atoms with Crippen LogP contribution in [0.5, 0.6) is 0 Å². The maximum absolute atomic E-state index is 11.9. The summed E-state index contributed by atoms with van der Waals surface area (Å²) in [5.41, 5.74) is 0.142. The fraction of sp³-hybridized carbons (Fsp3) is 0.895. The minimum atomic E-state index is 0. The first-order valence-electron chi connectivity index (χ1n) is 9.97. The lowest BCUT2D eigenvalue weighted by Crippen LogP contribution is -2.41. The van der Waals surface area contributed by atoms with E-state index in [2.05, 4.69) is 22.9 Å². The fourth-order valence-electron chi connectivity index (χ4n) is 3.36. The number of guanidine groups is 1. The number of hydrogen-bond acceptors (Lipinski definition) is 3. The van der Waals surface area contributed by atoms with Gasteiger partial charge in [-0.25, -0.2) is 0 Å². The predicted molar refractivity (Wildman–Crippen MR) is 119 cm³/mol. The molecule has 1 saturated carbocycles. The molecule has 26 heavy (non-hydrogen) atoms. The van der Waals surface area contributed by atoms with Gasteiger partial charge >= 0.3 is 0 Å². The topological polar surface area (TPSA) is 85.8 Å². The van der Waals surface area contributed by atoms with Crippen molar-refractivity contribution in [2.45, 2.75) is 78.2 Å². The van der Waals surface area contributed by atoms with E-state index in [0.717, 1.165) is 44.7 Å². The molecule has 1 rings (SSSR count). The van der Waals surface area contributed by atoms with Crippen LogP contribution in [0.1, 0.15) is 72.1 Å². The molecule has 0 heterocycles. The molecule has 0 aromatic heterocycles. The first kappa shape index (κ1) is 25.4. The van der Waals surface area contributed by atoms with E-state index in [4.69, 9.17) is 4.99 Å². The smallest absolute Gasteiger partial charge is 0.221 e. The molecular formula is C19H39IN4O2. The highest BCUT2D eigenvalue weighted by Crippen LogP contribution is 2.39. The van der Waals surface area contributed by atoms with Crippen molar-refractivity contribution in [3.05, 3.63) is 0 Å². The first-order chi connectivity index (χ1) is 12.0. The average Bonchev–Trinajstić information content (AvgIpc) is 2.60. The average molecular weight is 482 g/mol. The Bertz CT molecular complexity index is 407. The lowest BCUT2D eigenvalue weighted by Gasteiger charge is -2.35. The van der Waals surface area contributed by atoms with Gasteiger partial charge in [0.1, 0.15) is 0 Å². The number of aliphatic imine (C=N–C) groups is 1. The maximum Gasteiger partial charge on any atom is 0.221 e. The highest BCUT2D eigenvalue weighted by Gasteiger charge is 2.31. The Morgan fingerprint density at radius 2 is 1.88 bits per heavy atom. The second-order valence-corrected chi connectivity index (χ2v) is 7.28. The zero-order valence-corrected chi connectivity index (χ0v) is 19.1. The standard InChI is InChI=1S/C19H38N4O2.HI/c1-4-16(3)23-17(25)9-13-21-18(20-5-2)22-15-19(12-14-24)10-7-6-8-11-19;/h16,24H,4-15H2,1-3H3,(H,23,25)(H2,20,21,22);1H. The molecule has 1 aliphatic carbocycles. The van der Waals surface area contributed by atoms with Gasteiger partial charge in [-0.05, 0) is 44.9 Å². The highest BCUT2D eigenvalue weighted by atomic mass is 127. The quantitative estimate of drug-likeness (QED) is 0.219. The lowest BCUT2D eigenvalue weighted by atomic mass is 9.72. The molecule has 0 bridgehead atoms. The molecule has 1 unspecified atom stereocenters. The molecule has 7 heteroatoms. The number of carbonyl (C=O) groups is 1. The number of amides is 1. The van der Waals surface area contributed by atoms with Crippen LogP contribution in [0.2, 0.25) is 0 Å². The van der Waals surface area contributed by atoms with E-state index >= 15 is 0 Å². The van der Waals surface area contributed by atoms with E-state index in [1.54, 1.807) is 0 Å². The van der Waals surface area contributed by atoms with Crippen LogP contribution in [-0.4, -0.2) is 49.3 Å². The second kappa shape index (κ2) is 14.5. The van der Waals surface area contributed by atoms with E-state index in [0.29, 0.717) is 13.0 Å². The third-order valence-corrected chi connectivity index (χ3v) is 5.14. The molecule has 0 aromatic carbocycles. The Morgan fingerprint density at radius 3 is 2.46 bits per heavy atom. The Labute approximate surface area is 176 Å². The normalized spacial score (nSPS) is 17.8. The maximum atomic E-state index is 11.9. The van der Waals surface area contributed by atoms with Crippen molar-refractivity contribution in [1.82, 2.24) is 16.0 Å². The van der Waals surface area contributed by atoms with Gasteiger partial charge in [-0.3, -0.25) is 9.79 Å². The van der Waals surface area contributed by atoms with Crippen LogP contribution in [0.25, 0.3) is 0 Å². The minimum Gasteiger partial charge on any atom is -0.396 e. The van der Waals surface area contributed by atoms with Gasteiger partial charge in [0.2, 0.25) is 5.91 Å². The minimum absolute atomic E-state index is 0. The summed E-state index contributed by atoms with van der Waals surface area (Å²) in [7, 11) is 0. The Balaban J connectivity index is 0.00000625. The number of hydrogen-bond donors (Lipinski definition) is 4. The summed E-state index contributed by atoms with van der Waals surface area (Å²) in [5.74, 6) is 0.837. The summed E-state index contributed by atoms with van der Waals surface area (Å²) in [6.07, 6.45) is 8.26. The van der Waals surface area contributed by atoms with Gasteiger partial charge in [0.15, 0.2) is 5.96 Å². The number of nitrogens with zero attached hydrogens (tertiary/aromatic N) is 1. The van der Waals surface area contributed by atoms with E-state index < -0.39 is 0 Å². The molecule has 0 aliphatic heterocycles. The van der Waals surface area contributed by atoms with Crippen LogP contribution < -0.4 is 16.0 Å². The van der Waals surface area contributed by atoms with Gasteiger partial charge in [0, 0.05) is 38.7 Å². The summed E-state index contributed by atoms with van der Waals surface area (Å²) < 4.78 is 0. The third kappa shape index (κ3) is 9.94. The Morgan fingerprint density at radius 1 is 1.19 bits per heavy atom. The van der Waals surface area contributed by atoms with Crippen LogP contribution in [-0.2, 0) is 4.79 Å². The highest BCUT2D eigenvalue weighted by molar-refractivity contribution is 14.0. The molecule has 1 atom stereocenters. The van der Waals surface area contributed by atoms with Crippen LogP contribution in [0.3, 0.4) is 0 Å². The van der Waals surface area contributed by atoms with Crippen LogP contribution >= 0.6 is 24.0 Å². The lowest BCUT2D eigenvalue weighted by molar-refractivity contribution is -0.121. The molecule has 1 amide bonds. The fourth-order valence-corrected chi connectivity index (χ4v) is 3.36. The third-order valence-electron chi connectivity index (χ3n) is 5.14. The monoisotopic (exact) mass is 482 g/mol. The number of carbonyl (C=O) groups excluding carboxylic acids is 1.